The van der Waals surface area contributed by atoms with Gasteiger partial charge in [0.25, 0.3) is 0 Å². The Morgan fingerprint density at radius 1 is 0.321 bits per heavy atom. The third-order valence-corrected chi connectivity index (χ3v) is 11.7. The fourth-order valence-corrected chi connectivity index (χ4v) is 8.94. The van der Waals surface area contributed by atoms with E-state index < -0.39 is 0 Å². The maximum atomic E-state index is 2.45. The van der Waals surface area contributed by atoms with Crippen LogP contribution in [0.25, 0.3) is 66.4 Å². The van der Waals surface area contributed by atoms with E-state index in [9.17, 15) is 0 Å². The summed E-state index contributed by atoms with van der Waals surface area (Å²) in [4.78, 5) is 2.44. The van der Waals surface area contributed by atoms with Gasteiger partial charge in [0.15, 0.2) is 0 Å². The minimum Gasteiger partial charge on any atom is -0.310 e. The Balaban J connectivity index is 1.16. The van der Waals surface area contributed by atoms with Crippen LogP contribution in [0.4, 0.5) is 17.1 Å². The molecule has 1 aliphatic rings. The summed E-state index contributed by atoms with van der Waals surface area (Å²) in [5.74, 6) is 0. The van der Waals surface area contributed by atoms with E-state index in [2.05, 4.69) is 231 Å². The Labute approximate surface area is 329 Å². The van der Waals surface area contributed by atoms with E-state index in [1.165, 1.54) is 77.5 Å². The number of nitrogens with zero attached hydrogens (tertiary/aromatic N) is 1. The SMILES string of the molecule is CC1(C)c2ccc(N(c3ccc(-c4ccccc4)cc3)c3ccccc3-c3ccc(-c4ccccc4)cc3)cc2-c2cc(-c3ccccc3)c3ccccc3c21. The number of hydrogen-bond acceptors (Lipinski definition) is 1. The molecule has 56 heavy (non-hydrogen) atoms. The number of rotatable bonds is 7. The van der Waals surface area contributed by atoms with E-state index in [1.54, 1.807) is 0 Å². The van der Waals surface area contributed by atoms with Gasteiger partial charge in [-0.3, -0.25) is 0 Å². The van der Waals surface area contributed by atoms with Gasteiger partial charge in [-0.2, -0.15) is 0 Å². The van der Waals surface area contributed by atoms with Crippen LogP contribution >= 0.6 is 0 Å². The third kappa shape index (κ3) is 5.72. The molecule has 0 heterocycles. The number of anilines is 3. The highest BCUT2D eigenvalue weighted by atomic mass is 15.1. The number of fused-ring (bicyclic) bond motifs is 5. The van der Waals surface area contributed by atoms with Gasteiger partial charge < -0.3 is 4.90 Å². The molecule has 0 aliphatic heterocycles. The van der Waals surface area contributed by atoms with Gasteiger partial charge in [-0.15, -0.1) is 0 Å². The van der Waals surface area contributed by atoms with Gasteiger partial charge in [0.2, 0.25) is 0 Å². The molecule has 0 aromatic heterocycles. The summed E-state index contributed by atoms with van der Waals surface area (Å²) in [5, 5.41) is 2.62. The van der Waals surface area contributed by atoms with Gasteiger partial charge in [0, 0.05) is 22.4 Å². The fraction of sp³-hybridized carbons (Fsp3) is 0.0545. The van der Waals surface area contributed by atoms with E-state index in [1.807, 2.05) is 0 Å². The van der Waals surface area contributed by atoms with Gasteiger partial charge in [-0.25, -0.2) is 0 Å². The van der Waals surface area contributed by atoms with Crippen molar-refractivity contribution < 1.29 is 0 Å². The lowest BCUT2D eigenvalue weighted by atomic mass is 9.79. The van der Waals surface area contributed by atoms with E-state index in [0.29, 0.717) is 0 Å². The first-order valence-corrected chi connectivity index (χ1v) is 19.5. The average Bonchev–Trinajstić information content (AvgIpc) is 3.50. The lowest BCUT2D eigenvalue weighted by molar-refractivity contribution is 0.666. The molecule has 1 heteroatoms. The Hall–Kier alpha value is -6.96. The van der Waals surface area contributed by atoms with Gasteiger partial charge in [-0.05, 0) is 108 Å². The van der Waals surface area contributed by atoms with Crippen LogP contribution in [0.15, 0.2) is 212 Å². The maximum Gasteiger partial charge on any atom is 0.0540 e. The molecule has 0 fully saturated rings. The van der Waals surface area contributed by atoms with Crippen molar-refractivity contribution in [3.8, 4) is 55.6 Å². The largest absolute Gasteiger partial charge is 0.310 e. The van der Waals surface area contributed by atoms with Crippen molar-refractivity contribution in [2.75, 3.05) is 4.90 Å². The quantitative estimate of drug-likeness (QED) is 0.159. The smallest absolute Gasteiger partial charge is 0.0540 e. The minimum atomic E-state index is -0.168. The van der Waals surface area contributed by atoms with Crippen molar-refractivity contribution in [3.05, 3.63) is 223 Å². The highest BCUT2D eigenvalue weighted by molar-refractivity contribution is 6.06. The summed E-state index contributed by atoms with van der Waals surface area (Å²) >= 11 is 0. The topological polar surface area (TPSA) is 3.24 Å². The third-order valence-electron chi connectivity index (χ3n) is 11.7. The Bertz CT molecular complexity index is 2840. The summed E-state index contributed by atoms with van der Waals surface area (Å²) in [5.41, 5.74) is 18.3. The van der Waals surface area contributed by atoms with Crippen LogP contribution in [-0.4, -0.2) is 0 Å². The molecule has 9 aromatic carbocycles. The monoisotopic (exact) mass is 715 g/mol. The molecule has 10 rings (SSSR count). The summed E-state index contributed by atoms with van der Waals surface area (Å²) in [6.45, 7) is 4.78. The second-order valence-corrected chi connectivity index (χ2v) is 15.3. The summed E-state index contributed by atoms with van der Waals surface area (Å²) < 4.78 is 0. The van der Waals surface area contributed by atoms with Crippen LogP contribution in [0.1, 0.15) is 25.0 Å². The molecule has 9 aromatic rings. The predicted octanol–water partition coefficient (Wildman–Crippen LogP) is 15.3. The number of para-hydroxylation sites is 1. The van der Waals surface area contributed by atoms with Crippen molar-refractivity contribution in [1.82, 2.24) is 0 Å². The molecule has 0 amide bonds. The van der Waals surface area contributed by atoms with Crippen LogP contribution in [0.2, 0.25) is 0 Å². The molecule has 1 aliphatic carbocycles. The molecule has 0 N–H and O–H groups in total. The molecule has 266 valence electrons. The van der Waals surface area contributed by atoms with Crippen molar-refractivity contribution in [2.45, 2.75) is 19.3 Å². The van der Waals surface area contributed by atoms with Crippen molar-refractivity contribution in [3.63, 3.8) is 0 Å². The van der Waals surface area contributed by atoms with Gasteiger partial charge >= 0.3 is 0 Å². The van der Waals surface area contributed by atoms with Gasteiger partial charge in [0.05, 0.1) is 5.69 Å². The van der Waals surface area contributed by atoms with Gasteiger partial charge in [-0.1, -0.05) is 190 Å². The first kappa shape index (κ1) is 33.6. The second-order valence-electron chi connectivity index (χ2n) is 15.3. The van der Waals surface area contributed by atoms with Crippen LogP contribution in [0, 0.1) is 0 Å². The van der Waals surface area contributed by atoms with Crippen LogP contribution in [0.3, 0.4) is 0 Å². The van der Waals surface area contributed by atoms with E-state index >= 15 is 0 Å². The zero-order valence-electron chi connectivity index (χ0n) is 31.7. The zero-order chi connectivity index (χ0) is 37.6. The van der Waals surface area contributed by atoms with E-state index in [4.69, 9.17) is 0 Å². The molecule has 0 bridgehead atoms. The van der Waals surface area contributed by atoms with Crippen molar-refractivity contribution in [2.24, 2.45) is 0 Å². The second kappa shape index (κ2) is 13.7. The Morgan fingerprint density at radius 3 is 1.43 bits per heavy atom. The first-order valence-electron chi connectivity index (χ1n) is 19.5. The molecule has 0 spiro atoms. The zero-order valence-corrected chi connectivity index (χ0v) is 31.7. The molecule has 0 saturated carbocycles. The fourth-order valence-electron chi connectivity index (χ4n) is 8.94. The number of hydrogen-bond donors (Lipinski definition) is 0. The maximum absolute atomic E-state index is 2.45. The Kier molecular flexibility index (Phi) is 8.23. The molecule has 0 radical (unpaired) electrons. The number of benzene rings is 9. The summed E-state index contributed by atoms with van der Waals surface area (Å²) in [7, 11) is 0. The molecule has 0 saturated heterocycles. The van der Waals surface area contributed by atoms with Crippen LogP contribution in [0.5, 0.6) is 0 Å². The van der Waals surface area contributed by atoms with E-state index in [-0.39, 0.29) is 5.41 Å². The molecule has 0 atom stereocenters. The van der Waals surface area contributed by atoms with Crippen LogP contribution in [-0.2, 0) is 5.41 Å². The standard InChI is InChI=1S/C55H41N/c1-55(2)52-35-34-45(36-50(52)51-37-49(42-20-10-5-11-21-42)47-23-12-13-24-48(47)54(51)55)56(44-32-30-41(31-33-44)39-18-8-4-9-19-39)53-25-15-14-22-46(53)43-28-26-40(27-29-43)38-16-6-3-7-17-38/h3-37H,1-2H3. The normalized spacial score (nSPS) is 12.6. The molecular formula is C55H41N. The molecule has 0 unspecified atom stereocenters. The van der Waals surface area contributed by atoms with Crippen LogP contribution < -0.4 is 4.90 Å². The predicted molar refractivity (Wildman–Crippen MR) is 238 cm³/mol. The lowest BCUT2D eigenvalue weighted by Gasteiger charge is -2.29. The highest BCUT2D eigenvalue weighted by Gasteiger charge is 2.38. The first-order chi connectivity index (χ1) is 27.5. The summed E-state index contributed by atoms with van der Waals surface area (Å²) in [6, 6.07) is 77.5. The van der Waals surface area contributed by atoms with Crippen molar-refractivity contribution in [1.29, 1.82) is 0 Å². The van der Waals surface area contributed by atoms with Gasteiger partial charge in [0.1, 0.15) is 0 Å². The lowest BCUT2D eigenvalue weighted by Crippen LogP contribution is -2.16. The molecular weight excluding hydrogens is 675 g/mol. The minimum absolute atomic E-state index is 0.168. The average molecular weight is 716 g/mol. The highest BCUT2D eigenvalue weighted by Crippen LogP contribution is 2.55. The Morgan fingerprint density at radius 2 is 0.786 bits per heavy atom. The molecule has 1 nitrogen and oxygen atoms in total. The van der Waals surface area contributed by atoms with Crippen molar-refractivity contribution >= 4 is 27.8 Å². The summed E-state index contributed by atoms with van der Waals surface area (Å²) in [6.07, 6.45) is 0. The van der Waals surface area contributed by atoms with E-state index in [0.717, 1.165) is 17.1 Å².